The minimum Gasteiger partial charge on any atom is -0.295 e. The highest BCUT2D eigenvalue weighted by Crippen LogP contribution is 2.39. The van der Waals surface area contributed by atoms with E-state index >= 15 is 0 Å². The van der Waals surface area contributed by atoms with Gasteiger partial charge >= 0.3 is 0 Å². The Morgan fingerprint density at radius 3 is 2.62 bits per heavy atom. The van der Waals surface area contributed by atoms with Crippen LogP contribution in [0.4, 0.5) is 4.39 Å². The molecule has 0 aromatic rings. The number of alkyl halides is 1. The van der Waals surface area contributed by atoms with Gasteiger partial charge in [0, 0.05) is 12.1 Å². The first-order chi connectivity index (χ1) is 6.12. The van der Waals surface area contributed by atoms with Crippen molar-refractivity contribution in [1.82, 2.24) is 4.90 Å². The number of hydrogen-bond donors (Lipinski definition) is 0. The van der Waals surface area contributed by atoms with Gasteiger partial charge in [-0.2, -0.15) is 0 Å². The Labute approximate surface area is 81.3 Å². The Kier molecular flexibility index (Phi) is 3.72. The summed E-state index contributed by atoms with van der Waals surface area (Å²) in [4.78, 5) is 2.30. The molecule has 0 aromatic carbocycles. The SMILES string of the molecule is CC12CCCN1CC(F)C2.CCC. The summed E-state index contributed by atoms with van der Waals surface area (Å²) in [5.41, 5.74) is 0.236. The van der Waals surface area contributed by atoms with Crippen LogP contribution < -0.4 is 0 Å². The second-order valence-corrected chi connectivity index (χ2v) is 4.56. The molecule has 2 unspecified atom stereocenters. The number of hydrogen-bond acceptors (Lipinski definition) is 1. The highest BCUT2D eigenvalue weighted by atomic mass is 19.1. The average Bonchev–Trinajstić information content (AvgIpc) is 2.43. The molecular weight excluding hydrogens is 165 g/mol. The molecule has 2 atom stereocenters. The number of nitrogens with zero attached hydrogens (tertiary/aromatic N) is 1. The van der Waals surface area contributed by atoms with Crippen molar-refractivity contribution >= 4 is 0 Å². The third-order valence-corrected chi connectivity index (χ3v) is 2.99. The molecule has 0 spiro atoms. The van der Waals surface area contributed by atoms with Crippen LogP contribution in [0.5, 0.6) is 0 Å². The molecule has 0 aliphatic carbocycles. The molecule has 2 aliphatic heterocycles. The molecule has 13 heavy (non-hydrogen) atoms. The Morgan fingerprint density at radius 2 is 2.08 bits per heavy atom. The first-order valence-corrected chi connectivity index (χ1v) is 5.51. The van der Waals surface area contributed by atoms with E-state index in [0.717, 1.165) is 13.0 Å². The molecule has 2 aliphatic rings. The predicted octanol–water partition coefficient (Wildman–Crippen LogP) is 3.00. The predicted molar refractivity (Wildman–Crippen MR) is 54.7 cm³/mol. The van der Waals surface area contributed by atoms with Crippen LogP contribution in [0.25, 0.3) is 0 Å². The summed E-state index contributed by atoms with van der Waals surface area (Å²) < 4.78 is 12.8. The van der Waals surface area contributed by atoms with E-state index < -0.39 is 6.17 Å². The normalized spacial score (nSPS) is 38.3. The standard InChI is InChI=1S/C8H14FN.C3H8/c1-8-3-2-4-10(8)6-7(9)5-8;1-3-2/h7H,2-6H2,1H3;3H2,1-2H3. The van der Waals surface area contributed by atoms with Gasteiger partial charge in [0.15, 0.2) is 0 Å². The summed E-state index contributed by atoms with van der Waals surface area (Å²) >= 11 is 0. The van der Waals surface area contributed by atoms with Crippen molar-refractivity contribution in [3.63, 3.8) is 0 Å². The fraction of sp³-hybridized carbons (Fsp3) is 1.00. The van der Waals surface area contributed by atoms with E-state index in [2.05, 4.69) is 25.7 Å². The Bertz CT molecular complexity index is 160. The van der Waals surface area contributed by atoms with Gasteiger partial charge in [-0.25, -0.2) is 4.39 Å². The Morgan fingerprint density at radius 1 is 1.46 bits per heavy atom. The van der Waals surface area contributed by atoms with E-state index in [9.17, 15) is 4.39 Å². The van der Waals surface area contributed by atoms with Gasteiger partial charge in [-0.3, -0.25) is 4.90 Å². The molecule has 0 aromatic heterocycles. The van der Waals surface area contributed by atoms with Crippen LogP contribution in [0.1, 0.15) is 46.5 Å². The summed E-state index contributed by atoms with van der Waals surface area (Å²) in [5, 5.41) is 0. The molecule has 78 valence electrons. The third kappa shape index (κ3) is 2.43. The lowest BCUT2D eigenvalue weighted by Crippen LogP contribution is -2.34. The van der Waals surface area contributed by atoms with Crippen molar-refractivity contribution in [2.24, 2.45) is 0 Å². The van der Waals surface area contributed by atoms with Crippen LogP contribution in [0.15, 0.2) is 0 Å². The second-order valence-electron chi connectivity index (χ2n) is 4.56. The van der Waals surface area contributed by atoms with Gasteiger partial charge in [-0.05, 0) is 32.7 Å². The number of fused-ring (bicyclic) bond motifs is 1. The van der Waals surface area contributed by atoms with Gasteiger partial charge in [-0.15, -0.1) is 0 Å². The van der Waals surface area contributed by atoms with E-state index in [4.69, 9.17) is 0 Å². The Hall–Kier alpha value is -0.110. The monoisotopic (exact) mass is 187 g/mol. The zero-order valence-electron chi connectivity index (χ0n) is 9.15. The fourth-order valence-electron chi connectivity index (χ4n) is 2.40. The van der Waals surface area contributed by atoms with Gasteiger partial charge in [0.2, 0.25) is 0 Å². The van der Waals surface area contributed by atoms with Gasteiger partial charge in [-0.1, -0.05) is 20.3 Å². The molecule has 2 heterocycles. The lowest BCUT2D eigenvalue weighted by atomic mass is 9.97. The highest BCUT2D eigenvalue weighted by molar-refractivity contribution is 5.00. The molecular formula is C11H22FN. The largest absolute Gasteiger partial charge is 0.295 e. The van der Waals surface area contributed by atoms with Crippen LogP contribution in [-0.4, -0.2) is 29.7 Å². The number of rotatable bonds is 0. The molecule has 2 heteroatoms. The molecule has 0 bridgehead atoms. The maximum atomic E-state index is 12.8. The van der Waals surface area contributed by atoms with Crippen LogP contribution in [0.2, 0.25) is 0 Å². The molecule has 0 N–H and O–H groups in total. The summed E-state index contributed by atoms with van der Waals surface area (Å²) in [6.45, 7) is 8.26. The molecule has 0 radical (unpaired) electrons. The lowest BCUT2D eigenvalue weighted by Gasteiger charge is -2.25. The van der Waals surface area contributed by atoms with Crippen LogP contribution in [-0.2, 0) is 0 Å². The van der Waals surface area contributed by atoms with E-state index in [1.807, 2.05) is 0 Å². The van der Waals surface area contributed by atoms with E-state index in [-0.39, 0.29) is 5.54 Å². The van der Waals surface area contributed by atoms with Crippen LogP contribution in [0.3, 0.4) is 0 Å². The van der Waals surface area contributed by atoms with Crippen LogP contribution in [0, 0.1) is 0 Å². The van der Waals surface area contributed by atoms with Crippen LogP contribution >= 0.6 is 0 Å². The fourth-order valence-corrected chi connectivity index (χ4v) is 2.40. The first-order valence-electron chi connectivity index (χ1n) is 5.51. The molecule has 1 nitrogen and oxygen atoms in total. The van der Waals surface area contributed by atoms with Gasteiger partial charge in [0.25, 0.3) is 0 Å². The number of halogens is 1. The summed E-state index contributed by atoms with van der Waals surface area (Å²) in [7, 11) is 0. The zero-order valence-corrected chi connectivity index (χ0v) is 9.15. The molecule has 0 amide bonds. The maximum Gasteiger partial charge on any atom is 0.115 e. The van der Waals surface area contributed by atoms with Gasteiger partial charge in [0.1, 0.15) is 6.17 Å². The molecule has 2 saturated heterocycles. The summed E-state index contributed by atoms with van der Waals surface area (Å²) in [5.74, 6) is 0. The third-order valence-electron chi connectivity index (χ3n) is 2.99. The maximum absolute atomic E-state index is 12.8. The highest BCUT2D eigenvalue weighted by Gasteiger charge is 2.44. The topological polar surface area (TPSA) is 3.24 Å². The minimum atomic E-state index is -0.551. The van der Waals surface area contributed by atoms with Gasteiger partial charge < -0.3 is 0 Å². The van der Waals surface area contributed by atoms with E-state index in [1.165, 1.54) is 19.3 Å². The molecule has 0 saturated carbocycles. The molecule has 2 fully saturated rings. The van der Waals surface area contributed by atoms with Crippen molar-refractivity contribution < 1.29 is 4.39 Å². The van der Waals surface area contributed by atoms with Gasteiger partial charge in [0.05, 0.1) is 0 Å². The van der Waals surface area contributed by atoms with E-state index in [0.29, 0.717) is 6.54 Å². The van der Waals surface area contributed by atoms with Crippen molar-refractivity contribution in [3.05, 3.63) is 0 Å². The van der Waals surface area contributed by atoms with Crippen molar-refractivity contribution in [2.45, 2.75) is 58.2 Å². The lowest BCUT2D eigenvalue weighted by molar-refractivity contribution is 0.217. The Balaban J connectivity index is 0.000000251. The smallest absolute Gasteiger partial charge is 0.115 e. The average molecular weight is 187 g/mol. The zero-order chi connectivity index (χ0) is 9.90. The van der Waals surface area contributed by atoms with E-state index in [1.54, 1.807) is 0 Å². The molecule has 2 rings (SSSR count). The van der Waals surface area contributed by atoms with Crippen molar-refractivity contribution in [2.75, 3.05) is 13.1 Å². The summed E-state index contributed by atoms with van der Waals surface area (Å²) in [6, 6.07) is 0. The summed E-state index contributed by atoms with van der Waals surface area (Å²) in [6.07, 6.45) is 3.94. The minimum absolute atomic E-state index is 0.236. The first kappa shape index (κ1) is 11.0. The van der Waals surface area contributed by atoms with Crippen molar-refractivity contribution in [1.29, 1.82) is 0 Å². The van der Waals surface area contributed by atoms with Crippen molar-refractivity contribution in [3.8, 4) is 0 Å². The second kappa shape index (κ2) is 4.41. The quantitative estimate of drug-likeness (QED) is 0.563.